The van der Waals surface area contributed by atoms with Crippen LogP contribution >= 0.6 is 0 Å². The van der Waals surface area contributed by atoms with Crippen molar-refractivity contribution in [1.82, 2.24) is 15.2 Å². The molecule has 0 bridgehead atoms. The molecule has 7 nitrogen and oxygen atoms in total. The smallest absolute Gasteiger partial charge is 0.295 e. The minimum absolute atomic E-state index is 0.0733. The minimum atomic E-state index is -0.410. The third-order valence-electron chi connectivity index (χ3n) is 2.61. The Morgan fingerprint density at radius 1 is 1.20 bits per heavy atom. The molecule has 20 heavy (non-hydrogen) atoms. The van der Waals surface area contributed by atoms with Gasteiger partial charge in [0.1, 0.15) is 5.82 Å². The van der Waals surface area contributed by atoms with E-state index in [9.17, 15) is 9.59 Å². The molecule has 0 fully saturated rings. The lowest BCUT2D eigenvalue weighted by molar-refractivity contribution is -0.114. The molecule has 3 N–H and O–H groups in total. The SMILES string of the molecule is CC(=O)Nc1cc(NC(=O)c2n[nH]c(C)n2)ccc1C. The molecule has 0 aliphatic heterocycles. The van der Waals surface area contributed by atoms with Crippen molar-refractivity contribution in [2.24, 2.45) is 0 Å². The topological polar surface area (TPSA) is 99.8 Å². The van der Waals surface area contributed by atoms with Crippen LogP contribution < -0.4 is 10.6 Å². The number of nitrogens with one attached hydrogen (secondary N) is 3. The summed E-state index contributed by atoms with van der Waals surface area (Å²) in [5, 5.41) is 11.8. The Bertz CT molecular complexity index is 663. The van der Waals surface area contributed by atoms with Gasteiger partial charge in [-0.2, -0.15) is 0 Å². The third kappa shape index (κ3) is 3.19. The normalized spacial score (nSPS) is 10.2. The van der Waals surface area contributed by atoms with Crippen LogP contribution in [0.1, 0.15) is 28.9 Å². The molecule has 1 aromatic heterocycles. The number of carbonyl (C=O) groups is 2. The molecule has 0 aliphatic rings. The molecule has 0 saturated heterocycles. The first kappa shape index (κ1) is 13.7. The van der Waals surface area contributed by atoms with Crippen LogP contribution in [-0.2, 0) is 4.79 Å². The number of carbonyl (C=O) groups excluding carboxylic acids is 2. The van der Waals surface area contributed by atoms with Crippen LogP contribution in [0.2, 0.25) is 0 Å². The van der Waals surface area contributed by atoms with E-state index in [4.69, 9.17) is 0 Å². The zero-order chi connectivity index (χ0) is 14.7. The van der Waals surface area contributed by atoms with E-state index in [1.807, 2.05) is 13.0 Å². The fourth-order valence-corrected chi connectivity index (χ4v) is 1.66. The molecule has 2 rings (SSSR count). The molecule has 0 aliphatic carbocycles. The fourth-order valence-electron chi connectivity index (χ4n) is 1.66. The number of aromatic nitrogens is 3. The van der Waals surface area contributed by atoms with E-state index < -0.39 is 5.91 Å². The number of hydrogen-bond donors (Lipinski definition) is 3. The number of benzene rings is 1. The van der Waals surface area contributed by atoms with Gasteiger partial charge in [-0.05, 0) is 31.5 Å². The lowest BCUT2D eigenvalue weighted by Crippen LogP contribution is -2.14. The first-order valence-corrected chi connectivity index (χ1v) is 6.04. The number of anilines is 2. The summed E-state index contributed by atoms with van der Waals surface area (Å²) in [5.74, 6) is 0.0651. The van der Waals surface area contributed by atoms with Crippen molar-refractivity contribution in [1.29, 1.82) is 0 Å². The number of aryl methyl sites for hydroxylation is 2. The number of amides is 2. The summed E-state index contributed by atoms with van der Waals surface area (Å²) in [7, 11) is 0. The Hall–Kier alpha value is -2.70. The average Bonchev–Trinajstić information content (AvgIpc) is 2.79. The first-order chi connectivity index (χ1) is 9.45. The first-order valence-electron chi connectivity index (χ1n) is 6.04. The second-order valence-corrected chi connectivity index (χ2v) is 4.41. The summed E-state index contributed by atoms with van der Waals surface area (Å²) in [5.41, 5.74) is 2.13. The second kappa shape index (κ2) is 5.52. The van der Waals surface area contributed by atoms with Crippen LogP contribution in [0.4, 0.5) is 11.4 Å². The Labute approximate surface area is 115 Å². The van der Waals surface area contributed by atoms with Gasteiger partial charge in [0.15, 0.2) is 0 Å². The van der Waals surface area contributed by atoms with Crippen LogP contribution in [0.5, 0.6) is 0 Å². The van der Waals surface area contributed by atoms with Crippen molar-refractivity contribution in [2.45, 2.75) is 20.8 Å². The largest absolute Gasteiger partial charge is 0.326 e. The molecule has 1 heterocycles. The predicted molar refractivity (Wildman–Crippen MR) is 74.6 cm³/mol. The van der Waals surface area contributed by atoms with Gasteiger partial charge < -0.3 is 10.6 Å². The highest BCUT2D eigenvalue weighted by Crippen LogP contribution is 2.20. The van der Waals surface area contributed by atoms with Crippen molar-refractivity contribution >= 4 is 23.2 Å². The van der Waals surface area contributed by atoms with Gasteiger partial charge in [-0.15, -0.1) is 5.10 Å². The standard InChI is InChI=1S/C13H15N5O2/c1-7-4-5-10(6-11(7)15-9(3)19)16-13(20)12-14-8(2)17-18-12/h4-6H,1-3H3,(H,15,19)(H,16,20)(H,14,17,18). The molecule has 0 spiro atoms. The van der Waals surface area contributed by atoms with Crippen LogP contribution in [-0.4, -0.2) is 27.0 Å². The maximum atomic E-state index is 11.9. The summed E-state index contributed by atoms with van der Waals surface area (Å²) in [6.45, 7) is 5.02. The maximum Gasteiger partial charge on any atom is 0.295 e. The molecular weight excluding hydrogens is 258 g/mol. The van der Waals surface area contributed by atoms with Crippen LogP contribution in [0.25, 0.3) is 0 Å². The average molecular weight is 273 g/mol. The van der Waals surface area contributed by atoms with Gasteiger partial charge in [0, 0.05) is 18.3 Å². The van der Waals surface area contributed by atoms with E-state index in [2.05, 4.69) is 25.8 Å². The highest BCUT2D eigenvalue weighted by molar-refractivity contribution is 6.02. The van der Waals surface area contributed by atoms with Crippen LogP contribution in [0.15, 0.2) is 18.2 Å². The molecule has 104 valence electrons. The summed E-state index contributed by atoms with van der Waals surface area (Å²) < 4.78 is 0. The predicted octanol–water partition coefficient (Wildman–Crippen LogP) is 1.63. The van der Waals surface area contributed by atoms with Crippen molar-refractivity contribution in [3.8, 4) is 0 Å². The summed E-state index contributed by atoms with van der Waals surface area (Å²) in [6.07, 6.45) is 0. The molecule has 0 saturated carbocycles. The van der Waals surface area contributed by atoms with E-state index in [1.165, 1.54) is 6.92 Å². The monoisotopic (exact) mass is 273 g/mol. The lowest BCUT2D eigenvalue weighted by atomic mass is 10.1. The molecular formula is C13H15N5O2. The van der Waals surface area contributed by atoms with Crippen molar-refractivity contribution in [3.63, 3.8) is 0 Å². The number of nitrogens with zero attached hydrogens (tertiary/aromatic N) is 2. The zero-order valence-corrected chi connectivity index (χ0v) is 11.4. The summed E-state index contributed by atoms with van der Waals surface area (Å²) in [6, 6.07) is 5.25. The van der Waals surface area contributed by atoms with Gasteiger partial charge in [0.2, 0.25) is 11.7 Å². The van der Waals surface area contributed by atoms with Gasteiger partial charge in [0.25, 0.3) is 5.91 Å². The van der Waals surface area contributed by atoms with E-state index in [1.54, 1.807) is 19.1 Å². The van der Waals surface area contributed by atoms with Gasteiger partial charge in [0.05, 0.1) is 0 Å². The van der Waals surface area contributed by atoms with E-state index in [0.29, 0.717) is 17.2 Å². The van der Waals surface area contributed by atoms with Crippen molar-refractivity contribution in [3.05, 3.63) is 35.4 Å². The van der Waals surface area contributed by atoms with Crippen molar-refractivity contribution in [2.75, 3.05) is 10.6 Å². The fraction of sp³-hybridized carbons (Fsp3) is 0.231. The maximum absolute atomic E-state index is 11.9. The molecule has 1 aromatic carbocycles. The molecule has 7 heteroatoms. The van der Waals surface area contributed by atoms with Crippen LogP contribution in [0.3, 0.4) is 0 Å². The molecule has 0 unspecified atom stereocenters. The quantitative estimate of drug-likeness (QED) is 0.791. The second-order valence-electron chi connectivity index (χ2n) is 4.41. The number of H-pyrrole nitrogens is 1. The van der Waals surface area contributed by atoms with E-state index >= 15 is 0 Å². The highest BCUT2D eigenvalue weighted by Gasteiger charge is 2.12. The van der Waals surface area contributed by atoms with Crippen LogP contribution in [0, 0.1) is 13.8 Å². The Morgan fingerprint density at radius 3 is 2.55 bits per heavy atom. The van der Waals surface area contributed by atoms with E-state index in [-0.39, 0.29) is 11.7 Å². The number of aromatic amines is 1. The Morgan fingerprint density at radius 2 is 1.95 bits per heavy atom. The van der Waals surface area contributed by atoms with E-state index in [0.717, 1.165) is 5.56 Å². The molecule has 2 amide bonds. The minimum Gasteiger partial charge on any atom is -0.326 e. The molecule has 2 aromatic rings. The summed E-state index contributed by atoms with van der Waals surface area (Å²) >= 11 is 0. The molecule has 0 atom stereocenters. The van der Waals surface area contributed by atoms with Gasteiger partial charge in [-0.25, -0.2) is 4.98 Å². The van der Waals surface area contributed by atoms with Crippen molar-refractivity contribution < 1.29 is 9.59 Å². The Kier molecular flexibility index (Phi) is 3.79. The van der Waals surface area contributed by atoms with Gasteiger partial charge in [-0.3, -0.25) is 14.7 Å². The summed E-state index contributed by atoms with van der Waals surface area (Å²) in [4.78, 5) is 26.9. The van der Waals surface area contributed by atoms with Gasteiger partial charge in [-0.1, -0.05) is 6.07 Å². The lowest BCUT2D eigenvalue weighted by Gasteiger charge is -2.09. The molecule has 0 radical (unpaired) electrons. The number of rotatable bonds is 3. The van der Waals surface area contributed by atoms with Gasteiger partial charge >= 0.3 is 0 Å². The number of hydrogen-bond acceptors (Lipinski definition) is 4. The Balaban J connectivity index is 2.17. The highest BCUT2D eigenvalue weighted by atomic mass is 16.2. The third-order valence-corrected chi connectivity index (χ3v) is 2.61. The zero-order valence-electron chi connectivity index (χ0n) is 11.4.